The molecule has 4 atom stereocenters. The molecular weight excluding hydrogens is 1070 g/mol. The lowest BCUT2D eigenvalue weighted by Gasteiger charge is -2.30. The van der Waals surface area contributed by atoms with E-state index in [2.05, 4.69) is 47.3 Å². The van der Waals surface area contributed by atoms with Crippen LogP contribution in [0.1, 0.15) is 83.5 Å². The van der Waals surface area contributed by atoms with Crippen LogP contribution in [0.3, 0.4) is 0 Å². The zero-order chi connectivity index (χ0) is 57.5. The Morgan fingerprint density at radius 2 is 1.16 bits per heavy atom. The van der Waals surface area contributed by atoms with Gasteiger partial charge in [0.2, 0.25) is 11.9 Å². The summed E-state index contributed by atoms with van der Waals surface area (Å²) in [4.78, 5) is 79.3. The Balaban J connectivity index is 0.000000198. The average molecular weight is 1140 g/mol. The molecule has 424 valence electrons. The maximum Gasteiger partial charge on any atom is 0.251 e. The number of carbonyl (C=O) groups excluding carboxylic acids is 4. The molecule has 18 heteroatoms. The molecule has 0 saturated heterocycles. The number of likely N-dealkylation sites (N-methyl/N-ethyl adjacent to an activating group) is 2. The highest BCUT2D eigenvalue weighted by atomic mass is 35.5. The molecule has 4 heterocycles. The first kappa shape index (κ1) is 58.6. The second-order valence-corrected chi connectivity index (χ2v) is 22.5. The number of ketones is 1. The van der Waals surface area contributed by atoms with Gasteiger partial charge >= 0.3 is 0 Å². The summed E-state index contributed by atoms with van der Waals surface area (Å²) in [5.74, 6) is 1.29. The number of hydrogen-bond donors (Lipinski definition) is 6. The molecule has 4 aromatic carbocycles. The van der Waals surface area contributed by atoms with Crippen LogP contribution in [0.5, 0.6) is 0 Å². The minimum atomic E-state index is -0.206. The van der Waals surface area contributed by atoms with Gasteiger partial charge < -0.3 is 41.0 Å². The number of rotatable bonds is 19. The van der Waals surface area contributed by atoms with Crippen molar-refractivity contribution in [3.8, 4) is 22.5 Å². The Morgan fingerprint density at radius 3 is 1.78 bits per heavy atom. The number of aromatic amines is 2. The fraction of sp³-hybridized carbons (Fsp3) is 0.312. The number of carbonyl (C=O) groups is 4. The van der Waals surface area contributed by atoms with Gasteiger partial charge in [0.1, 0.15) is 5.82 Å². The first-order valence-electron chi connectivity index (χ1n) is 27.9. The van der Waals surface area contributed by atoms with Crippen LogP contribution < -0.4 is 21.3 Å². The number of fused-ring (bicyclic) bond motifs is 2. The first-order chi connectivity index (χ1) is 39.7. The summed E-state index contributed by atoms with van der Waals surface area (Å²) in [5.41, 5.74) is 8.06. The van der Waals surface area contributed by atoms with Crippen LogP contribution in [-0.2, 0) is 22.4 Å². The molecule has 0 bridgehead atoms. The highest BCUT2D eigenvalue weighted by Crippen LogP contribution is 2.35. The van der Waals surface area contributed by atoms with Crippen molar-refractivity contribution in [1.29, 1.82) is 0 Å². The molecule has 0 aliphatic heterocycles. The van der Waals surface area contributed by atoms with Gasteiger partial charge in [-0.15, -0.1) is 0 Å². The molecule has 4 aromatic heterocycles. The topological polar surface area (TPSA) is 206 Å². The van der Waals surface area contributed by atoms with E-state index in [9.17, 15) is 19.2 Å². The van der Waals surface area contributed by atoms with Gasteiger partial charge in [0.05, 0.1) is 27.6 Å². The summed E-state index contributed by atoms with van der Waals surface area (Å²) < 4.78 is 0. The zero-order valence-electron chi connectivity index (χ0n) is 46.7. The number of halogens is 2. The van der Waals surface area contributed by atoms with E-state index in [0.717, 1.165) is 114 Å². The number of nitrogens with zero attached hydrogens (tertiary/aromatic N) is 6. The van der Waals surface area contributed by atoms with Crippen molar-refractivity contribution in [3.63, 3.8) is 0 Å². The van der Waals surface area contributed by atoms with Crippen LogP contribution in [0.25, 0.3) is 44.3 Å². The molecule has 8 aromatic rings. The zero-order valence-corrected chi connectivity index (χ0v) is 48.2. The number of H-pyrrole nitrogens is 2. The number of para-hydroxylation sites is 2. The first-order valence-corrected chi connectivity index (χ1v) is 28.7. The van der Waals surface area contributed by atoms with Gasteiger partial charge in [-0.25, -0.2) is 19.9 Å². The molecule has 0 spiro atoms. The summed E-state index contributed by atoms with van der Waals surface area (Å²) in [6, 6.07) is 30.6. The fourth-order valence-electron chi connectivity index (χ4n) is 10.6. The van der Waals surface area contributed by atoms with Crippen molar-refractivity contribution in [3.05, 3.63) is 179 Å². The van der Waals surface area contributed by atoms with E-state index < -0.39 is 0 Å². The van der Waals surface area contributed by atoms with E-state index in [4.69, 9.17) is 33.2 Å². The molecule has 82 heavy (non-hydrogen) atoms. The van der Waals surface area contributed by atoms with Gasteiger partial charge in [0.15, 0.2) is 5.78 Å². The monoisotopic (exact) mass is 1140 g/mol. The van der Waals surface area contributed by atoms with Gasteiger partial charge in [-0.1, -0.05) is 90.3 Å². The molecule has 0 radical (unpaired) electrons. The molecule has 6 N–H and O–H groups in total. The molecule has 2 aliphatic carbocycles. The molecule has 2 fully saturated rings. The fourth-order valence-corrected chi connectivity index (χ4v) is 11.0. The third-order valence-corrected chi connectivity index (χ3v) is 15.2. The van der Waals surface area contributed by atoms with Crippen molar-refractivity contribution in [2.45, 2.75) is 82.3 Å². The minimum absolute atomic E-state index is 0.0235. The summed E-state index contributed by atoms with van der Waals surface area (Å²) in [5, 5.41) is 15.8. The predicted molar refractivity (Wildman–Crippen MR) is 328 cm³/mol. The van der Waals surface area contributed by atoms with E-state index in [-0.39, 0.29) is 41.6 Å². The molecule has 10 rings (SSSR count). The lowest BCUT2D eigenvalue weighted by Crippen LogP contribution is -2.42. The van der Waals surface area contributed by atoms with Crippen LogP contribution in [0.15, 0.2) is 146 Å². The molecule has 2 aliphatic rings. The van der Waals surface area contributed by atoms with Gasteiger partial charge in [-0.2, -0.15) is 0 Å². The standard InChI is InChI=1S/C33H36ClN5O2.C31H34ClN7O2/c1-39(2)16-6-9-26(40)18-22-12-14-24(15-13-22)33(41)37-25-8-5-7-23(17-25)19-31-36-21-29(34)32(38-31)28-20-35-30-11-4-3-10-27(28)30;1-39(2)16-6-11-28(40)35-21-14-12-20(13-15-21)30(41)36-22-7-5-8-23(17-22)37-31-34-19-26(32)29(38-31)25-18-33-27-10-4-3-9-24(25)27/h3-4,6,9-15,20-21,23,25,35H,5,7-8,16-19H2,1-2H3,(H,37,41);3-4,6,9-15,18-19,22-23,33H,5,7-8,16-17H2,1-2H3,(H,35,40)(H,36,41)(H,34,37,38)/b9-6+;11-6+/t23-,25+;22-,23?/m10/s1. The quantitative estimate of drug-likeness (QED) is 0.0420. The third-order valence-electron chi connectivity index (χ3n) is 14.7. The van der Waals surface area contributed by atoms with E-state index >= 15 is 0 Å². The van der Waals surface area contributed by atoms with Gasteiger partial charge in [-0.05, 0) is 139 Å². The second-order valence-electron chi connectivity index (χ2n) is 21.7. The SMILES string of the molecule is CN(C)C/C=C/C(=O)Cc1ccc(C(=O)N[C@H]2CCC[C@@H](Cc3ncc(Cl)c(-c4c[nH]c5ccccc45)n3)C2)cc1.CN(C)C/C=C/C(=O)Nc1ccc(C(=O)N[C@H]2CCCC(Nc3ncc(Cl)c(-c4c[nH]c5ccccc45)n3)C2)cc1. The number of aromatic nitrogens is 6. The molecule has 1 unspecified atom stereocenters. The summed E-state index contributed by atoms with van der Waals surface area (Å²) in [6.45, 7) is 1.41. The van der Waals surface area contributed by atoms with Crippen LogP contribution in [-0.4, -0.2) is 123 Å². The van der Waals surface area contributed by atoms with E-state index in [1.165, 1.54) is 6.08 Å². The van der Waals surface area contributed by atoms with Crippen molar-refractivity contribution < 1.29 is 19.2 Å². The van der Waals surface area contributed by atoms with Crippen LogP contribution in [0.4, 0.5) is 11.6 Å². The van der Waals surface area contributed by atoms with E-state index in [1.54, 1.807) is 60.9 Å². The lowest BCUT2D eigenvalue weighted by molar-refractivity contribution is -0.114. The van der Waals surface area contributed by atoms with Crippen LogP contribution in [0.2, 0.25) is 10.0 Å². The number of nitrogens with one attached hydrogen (secondary N) is 6. The Kier molecular flexibility index (Phi) is 20.1. The largest absolute Gasteiger partial charge is 0.360 e. The number of anilines is 2. The Bertz CT molecular complexity index is 3320. The van der Waals surface area contributed by atoms with Crippen molar-refractivity contribution >= 4 is 80.1 Å². The second kappa shape index (κ2) is 28.1. The van der Waals surface area contributed by atoms with E-state index in [0.29, 0.717) is 57.4 Å². The number of allylic oxidation sites excluding steroid dienone is 1. The normalized spacial score (nSPS) is 17.3. The van der Waals surface area contributed by atoms with E-state index in [1.807, 2.05) is 111 Å². The molecule has 3 amide bonds. The smallest absolute Gasteiger partial charge is 0.251 e. The summed E-state index contributed by atoms with van der Waals surface area (Å²) in [7, 11) is 7.79. The Labute approximate surface area is 488 Å². The lowest BCUT2D eigenvalue weighted by atomic mass is 9.83. The molecular formula is C64H70Cl2N12O4. The summed E-state index contributed by atoms with van der Waals surface area (Å²) in [6.07, 6.45) is 22.6. The van der Waals surface area contributed by atoms with Crippen molar-refractivity contribution in [2.75, 3.05) is 51.9 Å². The molecule has 2 saturated carbocycles. The van der Waals surface area contributed by atoms with Gasteiger partial charge in [0, 0.05) is 118 Å². The highest BCUT2D eigenvalue weighted by Gasteiger charge is 2.27. The minimum Gasteiger partial charge on any atom is -0.360 e. The predicted octanol–water partition coefficient (Wildman–Crippen LogP) is 11.5. The van der Waals surface area contributed by atoms with Gasteiger partial charge in [0.25, 0.3) is 11.8 Å². The van der Waals surface area contributed by atoms with Crippen molar-refractivity contribution in [1.82, 2.24) is 50.3 Å². The third kappa shape index (κ3) is 16.1. The van der Waals surface area contributed by atoms with Crippen LogP contribution in [0, 0.1) is 5.92 Å². The maximum absolute atomic E-state index is 13.0. The van der Waals surface area contributed by atoms with Crippen LogP contribution >= 0.6 is 23.2 Å². The summed E-state index contributed by atoms with van der Waals surface area (Å²) >= 11 is 13.0. The molecule has 16 nitrogen and oxygen atoms in total. The van der Waals surface area contributed by atoms with Crippen molar-refractivity contribution in [2.24, 2.45) is 5.92 Å². The Morgan fingerprint density at radius 1 is 0.622 bits per heavy atom. The Hall–Kier alpha value is -8.02. The number of amides is 3. The number of benzene rings is 4. The number of hydrogen-bond acceptors (Lipinski definition) is 11. The highest BCUT2D eigenvalue weighted by molar-refractivity contribution is 6.33. The average Bonchev–Trinajstić information content (AvgIpc) is 4.33. The van der Waals surface area contributed by atoms with Gasteiger partial charge in [-0.3, -0.25) is 19.2 Å². The maximum atomic E-state index is 13.0.